The molecule has 0 aromatic heterocycles. The molecule has 0 fully saturated rings. The van der Waals surface area contributed by atoms with Crippen molar-refractivity contribution in [2.45, 2.75) is 90.4 Å². The molecule has 142 valence electrons. The van der Waals surface area contributed by atoms with Crippen LogP contribution in [0.2, 0.25) is 0 Å². The van der Waals surface area contributed by atoms with Crippen LogP contribution >= 0.6 is 0 Å². The van der Waals surface area contributed by atoms with Gasteiger partial charge in [0.05, 0.1) is 0 Å². The van der Waals surface area contributed by atoms with Crippen molar-refractivity contribution >= 4 is 5.78 Å². The second-order valence-electron chi connectivity index (χ2n) is 7.08. The predicted molar refractivity (Wildman–Crippen MR) is 107 cm³/mol. The third-order valence-electron chi connectivity index (χ3n) is 4.72. The van der Waals surface area contributed by atoms with E-state index in [9.17, 15) is 4.79 Å². The summed E-state index contributed by atoms with van der Waals surface area (Å²) in [4.78, 5) is 11.9. The van der Waals surface area contributed by atoms with Crippen LogP contribution in [0.4, 0.5) is 0 Å². The number of Topliss-reactive ketones (excluding diaryl/α,β-unsaturated/α-hetero) is 1. The summed E-state index contributed by atoms with van der Waals surface area (Å²) in [5, 5.41) is 0. The molecular formula is C23H38O2. The summed E-state index contributed by atoms with van der Waals surface area (Å²) in [7, 11) is 0. The molecule has 0 bridgehead atoms. The van der Waals surface area contributed by atoms with E-state index in [1.54, 1.807) is 0 Å². The Hall–Kier alpha value is -1.15. The molecule has 2 heteroatoms. The van der Waals surface area contributed by atoms with Gasteiger partial charge in [0.2, 0.25) is 0 Å². The fraction of sp³-hybridized carbons (Fsp3) is 0.696. The second kappa shape index (κ2) is 16.3. The number of hydrogen-bond donors (Lipinski definition) is 0. The average molecular weight is 347 g/mol. The van der Waals surface area contributed by atoms with Crippen LogP contribution in [0.15, 0.2) is 30.3 Å². The first-order valence-corrected chi connectivity index (χ1v) is 10.5. The van der Waals surface area contributed by atoms with Crippen molar-refractivity contribution in [3.8, 4) is 0 Å². The Morgan fingerprint density at radius 1 is 0.720 bits per heavy atom. The molecule has 0 saturated heterocycles. The van der Waals surface area contributed by atoms with E-state index in [2.05, 4.69) is 6.92 Å². The minimum atomic E-state index is 0.0790. The van der Waals surface area contributed by atoms with Gasteiger partial charge in [-0.25, -0.2) is 0 Å². The molecule has 0 saturated carbocycles. The highest BCUT2D eigenvalue weighted by Gasteiger charge is 2.04. The van der Waals surface area contributed by atoms with Crippen LogP contribution in [0.25, 0.3) is 0 Å². The second-order valence-corrected chi connectivity index (χ2v) is 7.08. The summed E-state index contributed by atoms with van der Waals surface area (Å²) in [6.45, 7) is 3.19. The van der Waals surface area contributed by atoms with E-state index in [0.717, 1.165) is 12.0 Å². The molecule has 0 atom stereocenters. The third kappa shape index (κ3) is 12.8. The lowest BCUT2D eigenvalue weighted by Gasteiger charge is -2.05. The smallest absolute Gasteiger partial charge is 0.188 e. The molecule has 0 amide bonds. The number of ether oxygens (including phenoxy) is 1. The van der Waals surface area contributed by atoms with E-state index in [1.807, 2.05) is 30.3 Å². The predicted octanol–water partition coefficient (Wildman–Crippen LogP) is 6.98. The van der Waals surface area contributed by atoms with Crippen LogP contribution in [0.5, 0.6) is 0 Å². The van der Waals surface area contributed by atoms with E-state index in [1.165, 1.54) is 77.0 Å². The van der Waals surface area contributed by atoms with Gasteiger partial charge in [-0.2, -0.15) is 0 Å². The summed E-state index contributed by atoms with van der Waals surface area (Å²) in [5.74, 6) is 0.0790. The van der Waals surface area contributed by atoms with Gasteiger partial charge < -0.3 is 4.74 Å². The molecule has 0 aliphatic rings. The number of benzene rings is 1. The van der Waals surface area contributed by atoms with E-state index < -0.39 is 0 Å². The lowest BCUT2D eigenvalue weighted by molar-refractivity contribution is 0.0752. The average Bonchev–Trinajstić information content (AvgIpc) is 2.65. The molecule has 0 spiro atoms. The van der Waals surface area contributed by atoms with Crippen molar-refractivity contribution in [2.24, 2.45) is 0 Å². The van der Waals surface area contributed by atoms with Gasteiger partial charge in [-0.1, -0.05) is 114 Å². The number of rotatable bonds is 17. The molecule has 0 N–H and O–H groups in total. The van der Waals surface area contributed by atoms with Gasteiger partial charge in [0.15, 0.2) is 5.78 Å². The maximum Gasteiger partial charge on any atom is 0.188 e. The maximum absolute atomic E-state index is 11.9. The zero-order valence-corrected chi connectivity index (χ0v) is 16.3. The highest BCUT2D eigenvalue weighted by atomic mass is 16.5. The number of unbranched alkanes of at least 4 members (excludes halogenated alkanes) is 12. The van der Waals surface area contributed by atoms with Gasteiger partial charge in [-0.3, -0.25) is 4.79 Å². The lowest BCUT2D eigenvalue weighted by Crippen LogP contribution is -2.09. The van der Waals surface area contributed by atoms with Gasteiger partial charge in [0.25, 0.3) is 0 Å². The van der Waals surface area contributed by atoms with E-state index in [4.69, 9.17) is 4.74 Å². The number of hydrogen-bond acceptors (Lipinski definition) is 2. The highest BCUT2D eigenvalue weighted by molar-refractivity contribution is 5.96. The molecular weight excluding hydrogens is 308 g/mol. The molecule has 0 aliphatic heterocycles. The van der Waals surface area contributed by atoms with Crippen molar-refractivity contribution in [2.75, 3.05) is 13.2 Å². The fourth-order valence-electron chi connectivity index (χ4n) is 3.09. The van der Waals surface area contributed by atoms with E-state index in [0.29, 0.717) is 6.61 Å². The number of carbonyl (C=O) groups excluding carboxylic acids is 1. The minimum Gasteiger partial charge on any atom is -0.373 e. The molecule has 0 heterocycles. The van der Waals surface area contributed by atoms with Gasteiger partial charge in [0, 0.05) is 12.2 Å². The fourth-order valence-corrected chi connectivity index (χ4v) is 3.09. The Labute approximate surface area is 155 Å². The van der Waals surface area contributed by atoms with Crippen LogP contribution in [0.3, 0.4) is 0 Å². The Kier molecular flexibility index (Phi) is 14.3. The quantitative estimate of drug-likeness (QED) is 0.225. The zero-order valence-electron chi connectivity index (χ0n) is 16.3. The van der Waals surface area contributed by atoms with Crippen LogP contribution in [-0.4, -0.2) is 19.0 Å². The molecule has 25 heavy (non-hydrogen) atoms. The maximum atomic E-state index is 11.9. The first-order chi connectivity index (χ1) is 12.3. The van der Waals surface area contributed by atoms with Crippen molar-refractivity contribution in [1.82, 2.24) is 0 Å². The van der Waals surface area contributed by atoms with Crippen LogP contribution in [0, 0.1) is 0 Å². The van der Waals surface area contributed by atoms with Gasteiger partial charge in [-0.05, 0) is 6.42 Å². The lowest BCUT2D eigenvalue weighted by atomic mass is 10.0. The molecule has 1 aromatic rings. The normalized spacial score (nSPS) is 10.9. The molecule has 0 aliphatic carbocycles. The molecule has 1 aromatic carbocycles. The third-order valence-corrected chi connectivity index (χ3v) is 4.72. The Morgan fingerprint density at radius 3 is 1.72 bits per heavy atom. The van der Waals surface area contributed by atoms with Crippen molar-refractivity contribution in [1.29, 1.82) is 0 Å². The molecule has 0 unspecified atom stereocenters. The Bertz CT molecular complexity index is 413. The van der Waals surface area contributed by atoms with E-state index in [-0.39, 0.29) is 12.4 Å². The number of carbonyl (C=O) groups is 1. The zero-order chi connectivity index (χ0) is 18.0. The van der Waals surface area contributed by atoms with Crippen LogP contribution in [-0.2, 0) is 4.74 Å². The van der Waals surface area contributed by atoms with Crippen molar-refractivity contribution in [3.05, 3.63) is 35.9 Å². The monoisotopic (exact) mass is 346 g/mol. The SMILES string of the molecule is CCCCCCCCCCCCCCCOCC(=O)c1ccccc1. The van der Waals surface area contributed by atoms with Crippen LogP contribution in [0.1, 0.15) is 101 Å². The topological polar surface area (TPSA) is 26.3 Å². The Morgan fingerprint density at radius 2 is 1.20 bits per heavy atom. The van der Waals surface area contributed by atoms with Crippen molar-refractivity contribution in [3.63, 3.8) is 0 Å². The van der Waals surface area contributed by atoms with Gasteiger partial charge >= 0.3 is 0 Å². The summed E-state index contributed by atoms with van der Waals surface area (Å²) in [6, 6.07) is 9.39. The summed E-state index contributed by atoms with van der Waals surface area (Å²) in [5.41, 5.74) is 0.743. The summed E-state index contributed by atoms with van der Waals surface area (Å²) < 4.78 is 5.50. The Balaban J connectivity index is 1.78. The summed E-state index contributed by atoms with van der Waals surface area (Å²) >= 11 is 0. The first kappa shape index (κ1) is 21.9. The van der Waals surface area contributed by atoms with Gasteiger partial charge in [0.1, 0.15) is 6.61 Å². The number of ketones is 1. The molecule has 1 rings (SSSR count). The van der Waals surface area contributed by atoms with Crippen molar-refractivity contribution < 1.29 is 9.53 Å². The van der Waals surface area contributed by atoms with Crippen LogP contribution < -0.4 is 0 Å². The largest absolute Gasteiger partial charge is 0.373 e. The minimum absolute atomic E-state index is 0.0790. The highest BCUT2D eigenvalue weighted by Crippen LogP contribution is 2.12. The molecule has 2 nitrogen and oxygen atoms in total. The summed E-state index contributed by atoms with van der Waals surface area (Å²) in [6.07, 6.45) is 17.6. The van der Waals surface area contributed by atoms with Gasteiger partial charge in [-0.15, -0.1) is 0 Å². The first-order valence-electron chi connectivity index (χ1n) is 10.5. The molecule has 0 radical (unpaired) electrons. The van der Waals surface area contributed by atoms with E-state index >= 15 is 0 Å². The standard InChI is InChI=1S/C23H38O2/c1-2-3-4-5-6-7-8-9-10-11-12-13-17-20-25-21-23(24)22-18-15-14-16-19-22/h14-16,18-19H,2-13,17,20-21H2,1H3.